The van der Waals surface area contributed by atoms with Gasteiger partial charge in [-0.05, 0) is 42.0 Å². The monoisotopic (exact) mass is 454 g/mol. The Morgan fingerprint density at radius 3 is 2.62 bits per heavy atom. The van der Waals surface area contributed by atoms with E-state index < -0.39 is 0 Å². The van der Waals surface area contributed by atoms with E-state index in [0.29, 0.717) is 30.1 Å². The Kier molecular flexibility index (Phi) is 6.23. The van der Waals surface area contributed by atoms with Crippen LogP contribution in [-0.4, -0.2) is 47.2 Å². The molecule has 1 aliphatic heterocycles. The summed E-state index contributed by atoms with van der Waals surface area (Å²) in [6.07, 6.45) is 0. The van der Waals surface area contributed by atoms with E-state index >= 15 is 0 Å². The van der Waals surface area contributed by atoms with Crippen molar-refractivity contribution in [2.24, 2.45) is 0 Å². The fraction of sp³-hybridized carbons (Fsp3) is 0.185. The van der Waals surface area contributed by atoms with Crippen LogP contribution in [-0.2, 0) is 6.54 Å². The zero-order valence-corrected chi connectivity index (χ0v) is 18.5. The molecule has 1 aliphatic rings. The van der Waals surface area contributed by atoms with Gasteiger partial charge in [-0.2, -0.15) is 0 Å². The highest BCUT2D eigenvalue weighted by molar-refractivity contribution is 5.98. The highest BCUT2D eigenvalue weighted by atomic mass is 19.1. The van der Waals surface area contributed by atoms with E-state index in [2.05, 4.69) is 33.3 Å². The van der Waals surface area contributed by atoms with E-state index in [1.165, 1.54) is 6.07 Å². The van der Waals surface area contributed by atoms with Crippen LogP contribution in [0.4, 0.5) is 15.0 Å². The third kappa shape index (κ3) is 4.92. The molecule has 0 atom stereocenters. The highest BCUT2D eigenvalue weighted by Gasteiger charge is 2.22. The number of piperazine rings is 1. The smallest absolute Gasteiger partial charge is 0.323 e. The van der Waals surface area contributed by atoms with Crippen LogP contribution in [0, 0.1) is 17.7 Å². The number of hydrogen-bond donors (Lipinski definition) is 1. The summed E-state index contributed by atoms with van der Waals surface area (Å²) in [7, 11) is 0. The average Bonchev–Trinajstić information content (AvgIpc) is 3.27. The van der Waals surface area contributed by atoms with Crippen molar-refractivity contribution in [3.8, 4) is 11.8 Å². The van der Waals surface area contributed by atoms with Gasteiger partial charge in [0.2, 0.25) is 0 Å². The van der Waals surface area contributed by atoms with E-state index in [0.717, 1.165) is 36.1 Å². The van der Waals surface area contributed by atoms with Gasteiger partial charge in [0.25, 0.3) is 0 Å². The fourth-order valence-corrected chi connectivity index (χ4v) is 3.97. The van der Waals surface area contributed by atoms with Gasteiger partial charge in [0.1, 0.15) is 5.82 Å². The minimum absolute atomic E-state index is 0.177. The van der Waals surface area contributed by atoms with Crippen molar-refractivity contribution in [2.75, 3.05) is 31.5 Å². The second-order valence-electron chi connectivity index (χ2n) is 8.15. The molecule has 0 saturated carbocycles. The molecular weight excluding hydrogens is 431 g/mol. The Balaban J connectivity index is 1.16. The topological polar surface area (TPSA) is 61.6 Å². The van der Waals surface area contributed by atoms with Crippen molar-refractivity contribution in [3.63, 3.8) is 0 Å². The summed E-state index contributed by atoms with van der Waals surface area (Å²) in [4.78, 5) is 16.8. The maximum Gasteiger partial charge on any atom is 0.323 e. The van der Waals surface area contributed by atoms with Gasteiger partial charge in [0, 0.05) is 38.3 Å². The predicted octanol–water partition coefficient (Wildman–Crippen LogP) is 4.72. The zero-order valence-electron chi connectivity index (χ0n) is 18.5. The Morgan fingerprint density at radius 2 is 1.76 bits per heavy atom. The van der Waals surface area contributed by atoms with Crippen molar-refractivity contribution in [3.05, 3.63) is 95.3 Å². The summed E-state index contributed by atoms with van der Waals surface area (Å²) in [6.45, 7) is 3.53. The first kappa shape index (κ1) is 21.7. The molecule has 34 heavy (non-hydrogen) atoms. The number of nitrogens with one attached hydrogen (secondary N) is 1. The predicted molar refractivity (Wildman–Crippen MR) is 129 cm³/mol. The van der Waals surface area contributed by atoms with Crippen LogP contribution in [0.15, 0.2) is 77.3 Å². The first-order valence-electron chi connectivity index (χ1n) is 11.1. The van der Waals surface area contributed by atoms with E-state index in [1.54, 1.807) is 23.1 Å². The molecule has 1 aromatic heterocycles. The number of para-hydroxylation sites is 1. The number of aromatic nitrogens is 1. The highest BCUT2D eigenvalue weighted by Crippen LogP contribution is 2.22. The number of halogens is 1. The van der Waals surface area contributed by atoms with Crippen molar-refractivity contribution in [1.82, 2.24) is 15.0 Å². The first-order chi connectivity index (χ1) is 16.7. The molecule has 0 unspecified atom stereocenters. The van der Waals surface area contributed by atoms with Gasteiger partial charge < -0.3 is 9.42 Å². The lowest BCUT2D eigenvalue weighted by Crippen LogP contribution is -2.49. The number of carbonyl (C=O) groups excluding carboxylic acids is 1. The molecule has 1 fully saturated rings. The summed E-state index contributed by atoms with van der Waals surface area (Å²) in [5, 5.41) is 7.62. The number of hydrogen-bond acceptors (Lipinski definition) is 4. The normalized spacial score (nSPS) is 14.0. The van der Waals surface area contributed by atoms with Gasteiger partial charge in [0.05, 0.1) is 10.9 Å². The Bertz CT molecular complexity index is 1380. The number of anilines is 1. The Labute approximate surface area is 197 Å². The van der Waals surface area contributed by atoms with Gasteiger partial charge >= 0.3 is 6.03 Å². The lowest BCUT2D eigenvalue weighted by atomic mass is 10.1. The third-order valence-electron chi connectivity index (χ3n) is 5.81. The average molecular weight is 455 g/mol. The van der Waals surface area contributed by atoms with Crippen LogP contribution in [0.5, 0.6) is 0 Å². The Morgan fingerprint density at radius 1 is 0.971 bits per heavy atom. The van der Waals surface area contributed by atoms with Crippen LogP contribution < -0.4 is 5.32 Å². The summed E-state index contributed by atoms with van der Waals surface area (Å²) in [5.74, 6) is 6.08. The number of carbonyl (C=O) groups is 1. The van der Waals surface area contributed by atoms with Gasteiger partial charge in [0.15, 0.2) is 11.4 Å². The van der Waals surface area contributed by atoms with Crippen LogP contribution in [0.25, 0.3) is 11.0 Å². The largest absolute Gasteiger partial charge is 0.354 e. The second kappa shape index (κ2) is 9.77. The number of rotatable bonds is 3. The SMILES string of the molecule is O=C(Nc1noc2ccccc12)N1CCN(Cc2cccc(C#Cc3ccccc3F)c2)CC1. The molecule has 1 saturated heterocycles. The third-order valence-corrected chi connectivity index (χ3v) is 5.81. The molecule has 2 amide bonds. The Hall–Kier alpha value is -4.15. The molecule has 0 radical (unpaired) electrons. The molecule has 170 valence electrons. The molecule has 1 N–H and O–H groups in total. The van der Waals surface area contributed by atoms with E-state index in [1.807, 2.05) is 42.5 Å². The lowest BCUT2D eigenvalue weighted by Gasteiger charge is -2.34. The van der Waals surface area contributed by atoms with Crippen molar-refractivity contribution in [2.45, 2.75) is 6.54 Å². The minimum Gasteiger partial charge on any atom is -0.354 e. The maximum atomic E-state index is 13.8. The van der Waals surface area contributed by atoms with E-state index in [-0.39, 0.29) is 11.8 Å². The molecule has 3 aromatic carbocycles. The molecular formula is C27H23FN4O2. The number of urea groups is 1. The minimum atomic E-state index is -0.315. The number of nitrogens with zero attached hydrogens (tertiary/aromatic N) is 3. The summed E-state index contributed by atoms with van der Waals surface area (Å²) >= 11 is 0. The van der Waals surface area contributed by atoms with Crippen LogP contribution in [0.1, 0.15) is 16.7 Å². The standard InChI is InChI=1S/C27H23FN4O2/c28-24-10-3-1-8-22(24)13-12-20-6-5-7-21(18-20)19-31-14-16-32(17-15-31)27(33)29-26-23-9-2-4-11-25(23)34-30-26/h1-11,18H,14-17,19H2,(H,29,30,33). The number of amides is 2. The quantitative estimate of drug-likeness (QED) is 0.455. The summed E-state index contributed by atoms with van der Waals surface area (Å²) in [6, 6.07) is 21.7. The number of benzene rings is 3. The maximum absolute atomic E-state index is 13.8. The molecule has 4 aromatic rings. The number of fused-ring (bicyclic) bond motifs is 1. The van der Waals surface area contributed by atoms with E-state index in [9.17, 15) is 9.18 Å². The van der Waals surface area contributed by atoms with Crippen molar-refractivity contribution < 1.29 is 13.7 Å². The van der Waals surface area contributed by atoms with Gasteiger partial charge in [-0.3, -0.25) is 10.2 Å². The first-order valence-corrected chi connectivity index (χ1v) is 11.1. The van der Waals surface area contributed by atoms with Crippen molar-refractivity contribution in [1.29, 1.82) is 0 Å². The summed E-state index contributed by atoms with van der Waals surface area (Å²) in [5.41, 5.74) is 3.01. The zero-order chi connectivity index (χ0) is 23.3. The van der Waals surface area contributed by atoms with Crippen LogP contribution >= 0.6 is 0 Å². The molecule has 0 spiro atoms. The summed E-state index contributed by atoms with van der Waals surface area (Å²) < 4.78 is 19.1. The molecule has 0 aliphatic carbocycles. The van der Waals surface area contributed by atoms with Crippen LogP contribution in [0.2, 0.25) is 0 Å². The lowest BCUT2D eigenvalue weighted by molar-refractivity contribution is 0.143. The molecule has 6 nitrogen and oxygen atoms in total. The molecule has 7 heteroatoms. The van der Waals surface area contributed by atoms with Gasteiger partial charge in [-0.15, -0.1) is 0 Å². The fourth-order valence-electron chi connectivity index (χ4n) is 3.97. The second-order valence-corrected chi connectivity index (χ2v) is 8.15. The van der Waals surface area contributed by atoms with Gasteiger partial charge in [-0.1, -0.05) is 53.4 Å². The van der Waals surface area contributed by atoms with Gasteiger partial charge in [-0.25, -0.2) is 9.18 Å². The van der Waals surface area contributed by atoms with E-state index in [4.69, 9.17) is 4.52 Å². The molecule has 0 bridgehead atoms. The molecule has 2 heterocycles. The van der Waals surface area contributed by atoms with Crippen molar-refractivity contribution >= 4 is 22.8 Å². The molecule has 5 rings (SSSR count). The van der Waals surface area contributed by atoms with Crippen LogP contribution in [0.3, 0.4) is 0 Å².